The van der Waals surface area contributed by atoms with Gasteiger partial charge >= 0.3 is 12.0 Å². The van der Waals surface area contributed by atoms with Gasteiger partial charge in [-0.15, -0.1) is 11.3 Å². The van der Waals surface area contributed by atoms with Gasteiger partial charge in [0.05, 0.1) is 46.7 Å². The van der Waals surface area contributed by atoms with Crippen molar-refractivity contribution in [1.29, 1.82) is 0 Å². The van der Waals surface area contributed by atoms with Crippen molar-refractivity contribution in [1.82, 2.24) is 49.9 Å². The number of piperidine rings is 1. The van der Waals surface area contributed by atoms with E-state index in [-0.39, 0.29) is 42.5 Å². The molecule has 18 heteroatoms. The quantitative estimate of drug-likeness (QED) is 0.183. The molecule has 0 radical (unpaired) electrons. The first-order valence-electron chi connectivity index (χ1n) is 26.2. The van der Waals surface area contributed by atoms with Crippen LogP contribution in [0.3, 0.4) is 0 Å². The van der Waals surface area contributed by atoms with Crippen LogP contribution in [0.2, 0.25) is 0 Å². The molecular weight excluding hydrogens is 931 g/mol. The predicted molar refractivity (Wildman–Crippen MR) is 282 cm³/mol. The van der Waals surface area contributed by atoms with Crippen molar-refractivity contribution < 1.29 is 28.7 Å². The number of ether oxygens (including phenoxy) is 2. The number of thiazole rings is 1. The molecule has 0 saturated carbocycles. The number of likely N-dealkylation sites (N-methyl/N-ethyl adjacent to an activating group) is 2. The first-order chi connectivity index (χ1) is 34.4. The smallest absolute Gasteiger partial charge is 0.324 e. The summed E-state index contributed by atoms with van der Waals surface area (Å²) < 4.78 is 14.6. The lowest BCUT2D eigenvalue weighted by molar-refractivity contribution is -0.155. The lowest BCUT2D eigenvalue weighted by Gasteiger charge is -2.57. The van der Waals surface area contributed by atoms with Crippen LogP contribution in [0.15, 0.2) is 35.8 Å². The monoisotopic (exact) mass is 1010 g/mol. The molecular formula is C54H77N11O6S. The number of hydrogen-bond acceptors (Lipinski definition) is 13. The van der Waals surface area contributed by atoms with Gasteiger partial charge in [-0.05, 0) is 96.1 Å². The predicted octanol–water partition coefficient (Wildman–Crippen LogP) is 6.20. The van der Waals surface area contributed by atoms with Gasteiger partial charge in [0.25, 0.3) is 5.91 Å². The first-order valence-corrected chi connectivity index (χ1v) is 27.1. The zero-order chi connectivity index (χ0) is 51.2. The van der Waals surface area contributed by atoms with Crippen LogP contribution in [-0.2, 0) is 43.2 Å². The number of aryl methyl sites for hydroxylation is 1. The number of likely N-dealkylation sites (tertiary alicyclic amines) is 2. The van der Waals surface area contributed by atoms with Gasteiger partial charge in [0.2, 0.25) is 5.91 Å². The SMILES string of the molecule is CCn1c(-c2cc(N3CCN(C)CC3)cnc2[C@H](C)OC)c2c3cc(ccc31)-c1csc(n1)C[C@H](NC(=O)[C@H](C(C)C)N(C)C(=O)N1CCC13CCN(C)CC3)C(=O)N1CCC[C@H](N1)C(=O)OCC(C)(C)C2. The molecule has 3 aromatic heterocycles. The van der Waals surface area contributed by atoms with Gasteiger partial charge in [-0.2, -0.15) is 0 Å². The Hall–Kier alpha value is -5.14. The molecule has 5 aliphatic heterocycles. The third-order valence-corrected chi connectivity index (χ3v) is 17.1. The van der Waals surface area contributed by atoms with Gasteiger partial charge in [0.1, 0.15) is 18.1 Å². The summed E-state index contributed by atoms with van der Waals surface area (Å²) in [6.07, 6.45) is 6.23. The van der Waals surface area contributed by atoms with E-state index in [1.807, 2.05) is 37.2 Å². The lowest BCUT2D eigenvalue weighted by atomic mass is 9.76. The summed E-state index contributed by atoms with van der Waals surface area (Å²) in [7, 11) is 7.70. The Morgan fingerprint density at radius 1 is 1.00 bits per heavy atom. The number of urea groups is 1. The Labute approximate surface area is 429 Å². The minimum atomic E-state index is -1.04. The number of rotatable bonds is 9. The van der Waals surface area contributed by atoms with E-state index < -0.39 is 35.4 Å². The highest BCUT2D eigenvalue weighted by Crippen LogP contribution is 2.44. The number of aromatic nitrogens is 3. The lowest BCUT2D eigenvalue weighted by Crippen LogP contribution is -2.69. The second kappa shape index (κ2) is 21.0. The van der Waals surface area contributed by atoms with Gasteiger partial charge in [-0.25, -0.2) is 15.2 Å². The molecule has 4 atom stereocenters. The highest BCUT2D eigenvalue weighted by molar-refractivity contribution is 7.10. The number of benzene rings is 1. The van der Waals surface area contributed by atoms with Crippen LogP contribution in [-0.4, -0.2) is 174 Å². The number of nitrogens with zero attached hydrogens (tertiary/aromatic N) is 9. The van der Waals surface area contributed by atoms with Crippen molar-refractivity contribution in [2.24, 2.45) is 11.3 Å². The van der Waals surface area contributed by atoms with Crippen LogP contribution in [0.1, 0.15) is 96.0 Å². The van der Waals surface area contributed by atoms with E-state index in [2.05, 4.69) is 89.1 Å². The van der Waals surface area contributed by atoms with Gasteiger partial charge < -0.3 is 43.9 Å². The van der Waals surface area contributed by atoms with Crippen LogP contribution in [0.4, 0.5) is 10.5 Å². The molecule has 4 fully saturated rings. The van der Waals surface area contributed by atoms with Crippen molar-refractivity contribution in [3.63, 3.8) is 0 Å². The van der Waals surface area contributed by atoms with Gasteiger partial charge in [-0.3, -0.25) is 24.4 Å². The van der Waals surface area contributed by atoms with Crippen LogP contribution < -0.4 is 15.6 Å². The van der Waals surface area contributed by atoms with Crippen LogP contribution >= 0.6 is 11.3 Å². The van der Waals surface area contributed by atoms with Gasteiger partial charge in [0.15, 0.2) is 0 Å². The number of fused-ring (bicyclic) bond motifs is 6. The minimum absolute atomic E-state index is 0.114. The normalized spacial score (nSPS) is 22.9. The Bertz CT molecular complexity index is 2650. The molecule has 6 bridgehead atoms. The van der Waals surface area contributed by atoms with Gasteiger partial charge in [-0.1, -0.05) is 33.8 Å². The van der Waals surface area contributed by atoms with E-state index in [9.17, 15) is 19.2 Å². The second-order valence-electron chi connectivity index (χ2n) is 22.3. The molecule has 1 spiro atoms. The Balaban J connectivity index is 1.09. The highest BCUT2D eigenvalue weighted by atomic mass is 32.1. The van der Waals surface area contributed by atoms with E-state index >= 15 is 0 Å². The summed E-state index contributed by atoms with van der Waals surface area (Å²) in [6.45, 7) is 19.8. The summed E-state index contributed by atoms with van der Waals surface area (Å²) in [5.41, 5.74) is 10.4. The zero-order valence-electron chi connectivity index (χ0n) is 44.3. The maximum Gasteiger partial charge on any atom is 0.324 e. The summed E-state index contributed by atoms with van der Waals surface area (Å²) in [5.74, 6) is -1.47. The zero-order valence-corrected chi connectivity index (χ0v) is 45.1. The molecule has 0 aliphatic carbocycles. The second-order valence-corrected chi connectivity index (χ2v) is 23.2. The molecule has 9 rings (SSSR count). The van der Waals surface area contributed by atoms with Crippen molar-refractivity contribution in [3.8, 4) is 22.5 Å². The largest absolute Gasteiger partial charge is 0.464 e. The van der Waals surface area contributed by atoms with E-state index in [1.54, 1.807) is 19.1 Å². The number of pyridine rings is 1. The van der Waals surface area contributed by atoms with Crippen molar-refractivity contribution in [2.75, 3.05) is 92.1 Å². The Morgan fingerprint density at radius 2 is 1.72 bits per heavy atom. The summed E-state index contributed by atoms with van der Waals surface area (Å²) in [4.78, 5) is 78.8. The average Bonchev–Trinajstić information content (AvgIpc) is 3.96. The topological polar surface area (TPSA) is 161 Å². The Morgan fingerprint density at radius 3 is 2.40 bits per heavy atom. The third-order valence-electron chi connectivity index (χ3n) is 16.2. The van der Waals surface area contributed by atoms with Crippen molar-refractivity contribution in [3.05, 3.63) is 52.1 Å². The van der Waals surface area contributed by atoms with Gasteiger partial charge in [0, 0.05) is 118 Å². The number of anilines is 1. The number of amides is 4. The molecule has 0 unspecified atom stereocenters. The van der Waals surface area contributed by atoms with Crippen molar-refractivity contribution in [2.45, 2.75) is 123 Å². The molecule has 4 amide bonds. The fourth-order valence-corrected chi connectivity index (χ4v) is 12.6. The molecule has 2 N–H and O–H groups in total. The van der Waals surface area contributed by atoms with Crippen LogP contribution in [0, 0.1) is 11.3 Å². The molecule has 72 heavy (non-hydrogen) atoms. The fraction of sp³-hybridized carbons (Fsp3) is 0.630. The number of carbonyl (C=O) groups is 4. The number of carbonyl (C=O) groups excluding carboxylic acids is 4. The molecule has 1 aromatic carbocycles. The fourth-order valence-electron chi connectivity index (χ4n) is 11.7. The number of cyclic esters (lactones) is 1. The first kappa shape index (κ1) is 51.7. The van der Waals surface area contributed by atoms with Crippen molar-refractivity contribution >= 4 is 51.7 Å². The summed E-state index contributed by atoms with van der Waals surface area (Å²) in [6, 6.07) is 5.99. The number of esters is 1. The number of hydrazine groups is 1. The highest BCUT2D eigenvalue weighted by Gasteiger charge is 2.50. The van der Waals surface area contributed by atoms with E-state index in [1.165, 1.54) is 16.3 Å². The maximum absolute atomic E-state index is 14.8. The molecule has 390 valence electrons. The van der Waals surface area contributed by atoms with E-state index in [0.29, 0.717) is 43.9 Å². The number of piperazine rings is 1. The summed E-state index contributed by atoms with van der Waals surface area (Å²) >= 11 is 1.45. The molecule has 4 saturated heterocycles. The minimum Gasteiger partial charge on any atom is -0.464 e. The van der Waals surface area contributed by atoms with E-state index in [0.717, 1.165) is 109 Å². The standard InChI is InChI=1S/C54H77N11O6S/c1-11-63-44-15-14-36-27-38(44)40(48(63)39-28-37(31-55-46(39)35(4)70-10)62-25-23-60(8)24-26-62)30-53(5,6)33-71-51(68)41-13-12-19-65(58-41)50(67)42(29-45-56-43(36)32-72-45)57-49(66)47(34(2)3)61(9)52(69)64-22-18-54(64)16-20-59(7)21-17-54/h14-15,27-28,31-32,34-35,41-42,47,58H,11-13,16-26,29-30,33H2,1-10H3,(H,57,66)/t35-,41-,42-,47-/m0/s1. The summed E-state index contributed by atoms with van der Waals surface area (Å²) in [5, 5.41) is 8.35. The average molecular weight is 1010 g/mol. The number of methoxy groups -OCH3 is 1. The number of nitrogens with one attached hydrogen (secondary N) is 2. The molecule has 8 heterocycles. The van der Waals surface area contributed by atoms with E-state index in [4.69, 9.17) is 19.4 Å². The third kappa shape index (κ3) is 10.2. The maximum atomic E-state index is 14.8. The molecule has 4 aromatic rings. The molecule has 17 nitrogen and oxygen atoms in total. The van der Waals surface area contributed by atoms with Crippen LogP contribution in [0.25, 0.3) is 33.4 Å². The molecule has 5 aliphatic rings. The van der Waals surface area contributed by atoms with Crippen LogP contribution in [0.5, 0.6) is 0 Å². The number of hydrogen-bond donors (Lipinski definition) is 2. The Kier molecular flexibility index (Phi) is 15.1.